The standard InChI is InChI=1S/C17H22N2O2/c1-20-17-5-3-2-4-16(17)19-11-9-18(10-12-19)8-6-15-7-13-21-14-15/h2-5,7,13-14H,6,8-12H2,1H3. The van der Waals surface area contributed by atoms with E-state index < -0.39 is 0 Å². The van der Waals surface area contributed by atoms with Gasteiger partial charge in [0.05, 0.1) is 25.3 Å². The van der Waals surface area contributed by atoms with Crippen molar-refractivity contribution in [2.45, 2.75) is 6.42 Å². The lowest BCUT2D eigenvalue weighted by molar-refractivity contribution is 0.260. The van der Waals surface area contributed by atoms with Crippen LogP contribution in [0.1, 0.15) is 5.56 Å². The summed E-state index contributed by atoms with van der Waals surface area (Å²) in [6, 6.07) is 10.3. The average molecular weight is 286 g/mol. The van der Waals surface area contributed by atoms with E-state index in [1.54, 1.807) is 13.4 Å². The highest BCUT2D eigenvalue weighted by molar-refractivity contribution is 5.58. The van der Waals surface area contributed by atoms with Crippen molar-refractivity contribution in [2.24, 2.45) is 0 Å². The van der Waals surface area contributed by atoms with Gasteiger partial charge in [0.15, 0.2) is 0 Å². The van der Waals surface area contributed by atoms with E-state index in [0.717, 1.165) is 44.9 Å². The van der Waals surface area contributed by atoms with E-state index in [-0.39, 0.29) is 0 Å². The van der Waals surface area contributed by atoms with Crippen molar-refractivity contribution in [2.75, 3.05) is 44.7 Å². The quantitative estimate of drug-likeness (QED) is 0.845. The summed E-state index contributed by atoms with van der Waals surface area (Å²) >= 11 is 0. The van der Waals surface area contributed by atoms with E-state index >= 15 is 0 Å². The van der Waals surface area contributed by atoms with Gasteiger partial charge in [-0.15, -0.1) is 0 Å². The number of hydrogen-bond acceptors (Lipinski definition) is 4. The van der Waals surface area contributed by atoms with Gasteiger partial charge in [0.2, 0.25) is 0 Å². The lowest BCUT2D eigenvalue weighted by Crippen LogP contribution is -2.47. The van der Waals surface area contributed by atoms with E-state index in [1.165, 1.54) is 11.3 Å². The minimum atomic E-state index is 0.962. The topological polar surface area (TPSA) is 28.9 Å². The highest BCUT2D eigenvalue weighted by Gasteiger charge is 2.19. The predicted molar refractivity (Wildman–Crippen MR) is 84.1 cm³/mol. The first-order valence-corrected chi connectivity index (χ1v) is 7.48. The molecule has 0 unspecified atom stereocenters. The van der Waals surface area contributed by atoms with Crippen LogP contribution < -0.4 is 9.64 Å². The second-order valence-corrected chi connectivity index (χ2v) is 5.38. The van der Waals surface area contributed by atoms with Crippen LogP contribution in [0, 0.1) is 0 Å². The molecule has 112 valence electrons. The Hall–Kier alpha value is -1.94. The number of piperazine rings is 1. The zero-order valence-corrected chi connectivity index (χ0v) is 12.5. The molecule has 0 amide bonds. The molecule has 3 rings (SSSR count). The number of para-hydroxylation sites is 2. The van der Waals surface area contributed by atoms with E-state index in [9.17, 15) is 0 Å². The Kier molecular flexibility index (Phi) is 4.46. The first-order valence-electron chi connectivity index (χ1n) is 7.48. The molecular formula is C17H22N2O2. The van der Waals surface area contributed by atoms with Gasteiger partial charge in [-0.25, -0.2) is 0 Å². The maximum atomic E-state index is 5.46. The van der Waals surface area contributed by atoms with Gasteiger partial charge in [0, 0.05) is 32.7 Å². The molecule has 1 fully saturated rings. The first kappa shape index (κ1) is 14.0. The SMILES string of the molecule is COc1ccccc1N1CCN(CCc2ccoc2)CC1. The smallest absolute Gasteiger partial charge is 0.142 e. The van der Waals surface area contributed by atoms with E-state index in [1.807, 2.05) is 24.5 Å². The number of nitrogens with zero attached hydrogens (tertiary/aromatic N) is 2. The molecule has 1 aromatic heterocycles. The van der Waals surface area contributed by atoms with Gasteiger partial charge in [-0.2, -0.15) is 0 Å². The fraction of sp³-hybridized carbons (Fsp3) is 0.412. The largest absolute Gasteiger partial charge is 0.495 e. The highest BCUT2D eigenvalue weighted by atomic mass is 16.5. The third-order valence-electron chi connectivity index (χ3n) is 4.09. The van der Waals surface area contributed by atoms with Crippen LogP contribution in [0.5, 0.6) is 5.75 Å². The molecule has 2 aromatic rings. The van der Waals surface area contributed by atoms with Crippen LogP contribution in [0.25, 0.3) is 0 Å². The Morgan fingerprint density at radius 3 is 2.62 bits per heavy atom. The van der Waals surface area contributed by atoms with Crippen molar-refractivity contribution >= 4 is 5.69 Å². The summed E-state index contributed by atoms with van der Waals surface area (Å²) in [5.74, 6) is 0.962. The Balaban J connectivity index is 1.53. The number of methoxy groups -OCH3 is 1. The molecule has 0 N–H and O–H groups in total. The van der Waals surface area contributed by atoms with Gasteiger partial charge in [-0.3, -0.25) is 4.90 Å². The molecule has 1 aromatic carbocycles. The maximum Gasteiger partial charge on any atom is 0.142 e. The summed E-state index contributed by atoms with van der Waals surface area (Å²) in [7, 11) is 1.74. The maximum absolute atomic E-state index is 5.46. The fourth-order valence-corrected chi connectivity index (χ4v) is 2.83. The summed E-state index contributed by atoms with van der Waals surface area (Å²) in [6.07, 6.45) is 4.64. The Morgan fingerprint density at radius 1 is 1.10 bits per heavy atom. The van der Waals surface area contributed by atoms with Crippen LogP contribution in [0.3, 0.4) is 0 Å². The molecule has 0 bridgehead atoms. The summed E-state index contributed by atoms with van der Waals surface area (Å²) in [4.78, 5) is 4.92. The van der Waals surface area contributed by atoms with Gasteiger partial charge in [-0.05, 0) is 30.2 Å². The van der Waals surface area contributed by atoms with Crippen LogP contribution in [-0.4, -0.2) is 44.7 Å². The summed E-state index contributed by atoms with van der Waals surface area (Å²) in [5.41, 5.74) is 2.48. The van der Waals surface area contributed by atoms with Crippen LogP contribution in [-0.2, 0) is 6.42 Å². The molecular weight excluding hydrogens is 264 g/mol. The minimum absolute atomic E-state index is 0.962. The molecule has 0 spiro atoms. The Morgan fingerprint density at radius 2 is 1.90 bits per heavy atom. The van der Waals surface area contributed by atoms with Crippen LogP contribution >= 0.6 is 0 Å². The Bertz CT molecular complexity index is 546. The fourth-order valence-electron chi connectivity index (χ4n) is 2.83. The van der Waals surface area contributed by atoms with Crippen molar-refractivity contribution in [3.63, 3.8) is 0 Å². The van der Waals surface area contributed by atoms with E-state index in [4.69, 9.17) is 9.15 Å². The van der Waals surface area contributed by atoms with E-state index in [0.29, 0.717) is 0 Å². The molecule has 4 heteroatoms. The number of benzene rings is 1. The zero-order valence-electron chi connectivity index (χ0n) is 12.5. The molecule has 2 heterocycles. The number of ether oxygens (including phenoxy) is 1. The van der Waals surface area contributed by atoms with Crippen molar-refractivity contribution in [1.29, 1.82) is 0 Å². The number of furan rings is 1. The summed E-state index contributed by atoms with van der Waals surface area (Å²) in [6.45, 7) is 5.38. The normalized spacial score (nSPS) is 16.1. The molecule has 21 heavy (non-hydrogen) atoms. The second kappa shape index (κ2) is 6.68. The van der Waals surface area contributed by atoms with Crippen molar-refractivity contribution in [3.8, 4) is 5.75 Å². The van der Waals surface area contributed by atoms with Crippen LogP contribution in [0.15, 0.2) is 47.3 Å². The zero-order chi connectivity index (χ0) is 14.5. The van der Waals surface area contributed by atoms with Gasteiger partial charge in [-0.1, -0.05) is 12.1 Å². The lowest BCUT2D eigenvalue weighted by atomic mass is 10.2. The molecule has 0 saturated carbocycles. The predicted octanol–water partition coefficient (Wildman–Crippen LogP) is 2.65. The first-order chi connectivity index (χ1) is 10.4. The van der Waals surface area contributed by atoms with Gasteiger partial charge >= 0.3 is 0 Å². The molecule has 0 aliphatic carbocycles. The molecule has 1 aliphatic rings. The molecule has 4 nitrogen and oxygen atoms in total. The number of anilines is 1. The molecule has 1 saturated heterocycles. The summed E-state index contributed by atoms with van der Waals surface area (Å²) < 4.78 is 10.6. The second-order valence-electron chi connectivity index (χ2n) is 5.38. The number of hydrogen-bond donors (Lipinski definition) is 0. The van der Waals surface area contributed by atoms with Gasteiger partial charge in [0.1, 0.15) is 5.75 Å². The Labute approximate surface area is 125 Å². The van der Waals surface area contributed by atoms with Crippen LogP contribution in [0.4, 0.5) is 5.69 Å². The minimum Gasteiger partial charge on any atom is -0.495 e. The summed E-state index contributed by atoms with van der Waals surface area (Å²) in [5, 5.41) is 0. The highest BCUT2D eigenvalue weighted by Crippen LogP contribution is 2.28. The van der Waals surface area contributed by atoms with Crippen LogP contribution in [0.2, 0.25) is 0 Å². The van der Waals surface area contributed by atoms with Crippen molar-refractivity contribution in [3.05, 3.63) is 48.4 Å². The van der Waals surface area contributed by atoms with Crippen molar-refractivity contribution in [1.82, 2.24) is 4.90 Å². The van der Waals surface area contributed by atoms with Gasteiger partial charge < -0.3 is 14.1 Å². The van der Waals surface area contributed by atoms with Crippen molar-refractivity contribution < 1.29 is 9.15 Å². The average Bonchev–Trinajstić information content (AvgIpc) is 3.07. The molecule has 0 radical (unpaired) electrons. The van der Waals surface area contributed by atoms with E-state index in [2.05, 4.69) is 21.9 Å². The molecule has 1 aliphatic heterocycles. The number of rotatable bonds is 5. The third kappa shape index (κ3) is 3.39. The molecule has 0 atom stereocenters. The third-order valence-corrected chi connectivity index (χ3v) is 4.09. The monoisotopic (exact) mass is 286 g/mol. The van der Waals surface area contributed by atoms with Gasteiger partial charge in [0.25, 0.3) is 0 Å². The lowest BCUT2D eigenvalue weighted by Gasteiger charge is -2.36.